The largest absolute Gasteiger partial charge is 0.495 e. The first-order valence-corrected chi connectivity index (χ1v) is 8.28. The number of benzene rings is 1. The molecule has 1 aliphatic rings. The standard InChI is InChI=1S/C17H24ClNO3/c1-3-11-22-17(9-5-4-6-10-17)16(20)19-13-7-8-15(21-2)14(18)12-13/h7-8,12H,3-6,9-11H2,1-2H3,(H,19,20). The molecule has 5 heteroatoms. The van der Waals surface area contributed by atoms with Crippen LogP contribution in [0.5, 0.6) is 5.75 Å². The number of carbonyl (C=O) groups excluding carboxylic acids is 1. The first-order valence-electron chi connectivity index (χ1n) is 7.90. The molecule has 0 saturated heterocycles. The zero-order chi connectivity index (χ0) is 16.0. The lowest BCUT2D eigenvalue weighted by atomic mass is 9.83. The van der Waals surface area contributed by atoms with Crippen molar-refractivity contribution in [3.05, 3.63) is 23.2 Å². The fraction of sp³-hybridized carbons (Fsp3) is 0.588. The van der Waals surface area contributed by atoms with Crippen molar-refractivity contribution in [3.63, 3.8) is 0 Å². The van der Waals surface area contributed by atoms with Gasteiger partial charge < -0.3 is 14.8 Å². The second kappa shape index (κ2) is 7.84. The molecule has 22 heavy (non-hydrogen) atoms. The summed E-state index contributed by atoms with van der Waals surface area (Å²) in [5, 5.41) is 3.43. The normalized spacial score (nSPS) is 17.0. The van der Waals surface area contributed by atoms with Crippen LogP contribution in [0.4, 0.5) is 5.69 Å². The van der Waals surface area contributed by atoms with Crippen LogP contribution in [0.25, 0.3) is 0 Å². The van der Waals surface area contributed by atoms with Crippen LogP contribution in [-0.2, 0) is 9.53 Å². The SMILES string of the molecule is CCCOC1(C(=O)Nc2ccc(OC)c(Cl)c2)CCCCC1. The monoisotopic (exact) mass is 325 g/mol. The van der Waals surface area contributed by atoms with Crippen molar-refractivity contribution in [3.8, 4) is 5.75 Å². The van der Waals surface area contributed by atoms with Gasteiger partial charge in [0.2, 0.25) is 0 Å². The summed E-state index contributed by atoms with van der Waals surface area (Å²) in [6.07, 6.45) is 5.69. The lowest BCUT2D eigenvalue weighted by Gasteiger charge is -2.35. The van der Waals surface area contributed by atoms with E-state index >= 15 is 0 Å². The summed E-state index contributed by atoms with van der Waals surface area (Å²) in [6.45, 7) is 2.66. The number of methoxy groups -OCH3 is 1. The van der Waals surface area contributed by atoms with Gasteiger partial charge in [0.15, 0.2) is 0 Å². The molecule has 1 amide bonds. The second-order valence-corrected chi connectivity index (χ2v) is 6.11. The Morgan fingerprint density at radius 1 is 1.32 bits per heavy atom. The molecule has 0 aromatic heterocycles. The van der Waals surface area contributed by atoms with Crippen LogP contribution < -0.4 is 10.1 Å². The number of amides is 1. The molecule has 1 aromatic carbocycles. The minimum Gasteiger partial charge on any atom is -0.495 e. The van der Waals surface area contributed by atoms with Crippen LogP contribution in [0.1, 0.15) is 45.4 Å². The Balaban J connectivity index is 2.11. The number of hydrogen-bond donors (Lipinski definition) is 1. The molecule has 1 N–H and O–H groups in total. The van der Waals surface area contributed by atoms with E-state index in [1.165, 1.54) is 6.42 Å². The quantitative estimate of drug-likeness (QED) is 0.842. The third-order valence-electron chi connectivity index (χ3n) is 4.07. The van der Waals surface area contributed by atoms with Crippen molar-refractivity contribution >= 4 is 23.2 Å². The summed E-state index contributed by atoms with van der Waals surface area (Å²) in [5.41, 5.74) is -0.0263. The van der Waals surface area contributed by atoms with Gasteiger partial charge >= 0.3 is 0 Å². The van der Waals surface area contributed by atoms with Crippen LogP contribution in [0.2, 0.25) is 5.02 Å². The topological polar surface area (TPSA) is 47.6 Å². The molecule has 0 atom stereocenters. The maximum atomic E-state index is 12.8. The van der Waals surface area contributed by atoms with Crippen molar-refractivity contribution < 1.29 is 14.3 Å². The molecular weight excluding hydrogens is 302 g/mol. The fourth-order valence-electron chi connectivity index (χ4n) is 2.85. The van der Waals surface area contributed by atoms with E-state index in [1.807, 2.05) is 0 Å². The first kappa shape index (κ1) is 17.1. The predicted octanol–water partition coefficient (Wildman–Crippen LogP) is 4.42. The van der Waals surface area contributed by atoms with Gasteiger partial charge in [0.1, 0.15) is 11.4 Å². The third kappa shape index (κ3) is 3.93. The number of hydrogen-bond acceptors (Lipinski definition) is 3. The molecule has 122 valence electrons. The van der Waals surface area contributed by atoms with Gasteiger partial charge in [-0.2, -0.15) is 0 Å². The van der Waals surface area contributed by atoms with Gasteiger partial charge in [-0.1, -0.05) is 37.8 Å². The minimum absolute atomic E-state index is 0.0677. The Labute approximate surface area is 137 Å². The molecule has 0 unspecified atom stereocenters. The van der Waals surface area contributed by atoms with Gasteiger partial charge in [0.05, 0.1) is 12.1 Å². The molecule has 1 aromatic rings. The van der Waals surface area contributed by atoms with Crippen molar-refractivity contribution in [1.29, 1.82) is 0 Å². The molecule has 0 bridgehead atoms. The van der Waals surface area contributed by atoms with Crippen LogP contribution in [0.15, 0.2) is 18.2 Å². The van der Waals surface area contributed by atoms with Crippen LogP contribution in [0, 0.1) is 0 Å². The fourth-order valence-corrected chi connectivity index (χ4v) is 3.10. The van der Waals surface area contributed by atoms with Gasteiger partial charge in [0.25, 0.3) is 5.91 Å². The summed E-state index contributed by atoms with van der Waals surface area (Å²) in [7, 11) is 1.56. The van der Waals surface area contributed by atoms with Crippen molar-refractivity contribution in [1.82, 2.24) is 0 Å². The lowest BCUT2D eigenvalue weighted by Crippen LogP contribution is -2.47. The number of anilines is 1. The molecular formula is C17H24ClNO3. The van der Waals surface area contributed by atoms with E-state index in [-0.39, 0.29) is 5.91 Å². The van der Waals surface area contributed by atoms with Crippen LogP contribution in [-0.4, -0.2) is 25.2 Å². The smallest absolute Gasteiger partial charge is 0.256 e. The zero-order valence-electron chi connectivity index (χ0n) is 13.3. The van der Waals surface area contributed by atoms with E-state index in [1.54, 1.807) is 25.3 Å². The number of nitrogens with one attached hydrogen (secondary N) is 1. The number of carbonyl (C=O) groups is 1. The first-order chi connectivity index (χ1) is 10.6. The highest BCUT2D eigenvalue weighted by Gasteiger charge is 2.40. The Morgan fingerprint density at radius 2 is 2.05 bits per heavy atom. The number of halogens is 1. The molecule has 2 rings (SSSR count). The Bertz CT molecular complexity index is 513. The third-order valence-corrected chi connectivity index (χ3v) is 4.36. The number of rotatable bonds is 6. The minimum atomic E-state index is -0.694. The van der Waals surface area contributed by atoms with Gasteiger partial charge in [-0.3, -0.25) is 4.79 Å². The zero-order valence-corrected chi connectivity index (χ0v) is 14.0. The van der Waals surface area contributed by atoms with Gasteiger partial charge in [0, 0.05) is 12.3 Å². The Kier molecular flexibility index (Phi) is 6.09. The van der Waals surface area contributed by atoms with Gasteiger partial charge in [-0.15, -0.1) is 0 Å². The molecule has 0 heterocycles. The van der Waals surface area contributed by atoms with Crippen molar-refractivity contribution in [2.75, 3.05) is 19.0 Å². The highest BCUT2D eigenvalue weighted by atomic mass is 35.5. The van der Waals surface area contributed by atoms with Crippen molar-refractivity contribution in [2.24, 2.45) is 0 Å². The van der Waals surface area contributed by atoms with E-state index in [9.17, 15) is 4.79 Å². The van der Waals surface area contributed by atoms with E-state index in [0.717, 1.165) is 32.1 Å². The molecule has 1 saturated carbocycles. The highest BCUT2D eigenvalue weighted by molar-refractivity contribution is 6.32. The summed E-state index contributed by atoms with van der Waals surface area (Å²) in [6, 6.07) is 5.24. The number of ether oxygens (including phenoxy) is 2. The molecule has 4 nitrogen and oxygen atoms in total. The molecule has 1 fully saturated rings. The van der Waals surface area contributed by atoms with Gasteiger partial charge in [-0.25, -0.2) is 0 Å². The summed E-state index contributed by atoms with van der Waals surface area (Å²) in [5.74, 6) is 0.524. The molecule has 1 aliphatic carbocycles. The average molecular weight is 326 g/mol. The van der Waals surface area contributed by atoms with Crippen LogP contribution in [0.3, 0.4) is 0 Å². The van der Waals surface area contributed by atoms with E-state index in [4.69, 9.17) is 21.1 Å². The van der Waals surface area contributed by atoms with E-state index < -0.39 is 5.60 Å². The van der Waals surface area contributed by atoms with Gasteiger partial charge in [-0.05, 0) is 37.5 Å². The molecule has 0 spiro atoms. The molecule has 0 aliphatic heterocycles. The summed E-state index contributed by atoms with van der Waals surface area (Å²) in [4.78, 5) is 12.8. The Hall–Kier alpha value is -1.26. The van der Waals surface area contributed by atoms with Crippen LogP contribution >= 0.6 is 11.6 Å². The lowest BCUT2D eigenvalue weighted by molar-refractivity contribution is -0.146. The van der Waals surface area contributed by atoms with E-state index in [2.05, 4.69) is 12.2 Å². The highest BCUT2D eigenvalue weighted by Crippen LogP contribution is 2.34. The maximum Gasteiger partial charge on any atom is 0.256 e. The second-order valence-electron chi connectivity index (χ2n) is 5.71. The Morgan fingerprint density at radius 3 is 2.64 bits per heavy atom. The summed E-state index contributed by atoms with van der Waals surface area (Å²) >= 11 is 6.11. The predicted molar refractivity (Wildman–Crippen MR) is 88.7 cm³/mol. The average Bonchev–Trinajstić information content (AvgIpc) is 2.54. The molecule has 0 radical (unpaired) electrons. The van der Waals surface area contributed by atoms with Crippen molar-refractivity contribution in [2.45, 2.75) is 51.0 Å². The van der Waals surface area contributed by atoms with E-state index in [0.29, 0.717) is 23.1 Å². The summed E-state index contributed by atoms with van der Waals surface area (Å²) < 4.78 is 11.1. The maximum absolute atomic E-state index is 12.8.